The molecule has 0 fully saturated rings. The molecule has 4 rings (SSSR count). The molecule has 1 aliphatic rings. The zero-order valence-corrected chi connectivity index (χ0v) is 24.8. The minimum atomic E-state index is -3.73. The van der Waals surface area contributed by atoms with E-state index in [1.807, 2.05) is 31.2 Å². The molecule has 0 unspecified atom stereocenters. The third-order valence-corrected chi connectivity index (χ3v) is 7.91. The highest BCUT2D eigenvalue weighted by Gasteiger charge is 2.43. The van der Waals surface area contributed by atoms with Gasteiger partial charge in [0.05, 0.1) is 36.6 Å². The van der Waals surface area contributed by atoms with Crippen LogP contribution in [0.1, 0.15) is 25.0 Å². The summed E-state index contributed by atoms with van der Waals surface area (Å²) in [6, 6.07) is 10.8. The van der Waals surface area contributed by atoms with Crippen LogP contribution in [0.4, 0.5) is 16.2 Å². The number of aryl methyl sites for hydroxylation is 1. The molecule has 0 radical (unpaired) electrons. The van der Waals surface area contributed by atoms with Gasteiger partial charge in [0.15, 0.2) is 9.84 Å². The van der Waals surface area contributed by atoms with Crippen LogP contribution in [0.3, 0.4) is 0 Å². The molecular formula is C29H33N5O7S. The summed E-state index contributed by atoms with van der Waals surface area (Å²) < 4.78 is 28.9. The summed E-state index contributed by atoms with van der Waals surface area (Å²) in [5.74, 6) is -2.77. The first-order valence-corrected chi connectivity index (χ1v) is 15.3. The first-order chi connectivity index (χ1) is 19.8. The minimum Gasteiger partial charge on any atom is -0.453 e. The lowest BCUT2D eigenvalue weighted by Crippen LogP contribution is -2.60. The number of nitrogens with one attached hydrogen (secondary N) is 2. The number of anilines is 2. The van der Waals surface area contributed by atoms with E-state index in [-0.39, 0.29) is 6.54 Å². The molecule has 3 aromatic rings. The first-order valence-electron chi connectivity index (χ1n) is 13.2. The maximum atomic E-state index is 14.4. The molecule has 1 aliphatic heterocycles. The molecule has 2 heterocycles. The number of hydrogen-bond donors (Lipinski definition) is 2. The van der Waals surface area contributed by atoms with Gasteiger partial charge in [-0.15, -0.1) is 0 Å². The molecule has 222 valence electrons. The highest BCUT2D eigenvalue weighted by atomic mass is 32.2. The Balaban J connectivity index is 1.85. The number of carbonyl (C=O) groups excluding carboxylic acids is 4. The number of amides is 4. The minimum absolute atomic E-state index is 0.0773. The smallest absolute Gasteiger partial charge is 0.407 e. The highest BCUT2D eigenvalue weighted by Crippen LogP contribution is 2.37. The number of methoxy groups -OCH3 is 1. The van der Waals surface area contributed by atoms with Crippen LogP contribution in [0.5, 0.6) is 0 Å². The van der Waals surface area contributed by atoms with Crippen LogP contribution >= 0.6 is 0 Å². The van der Waals surface area contributed by atoms with Crippen LogP contribution in [0.2, 0.25) is 0 Å². The van der Waals surface area contributed by atoms with Crippen molar-refractivity contribution in [3.8, 4) is 0 Å². The van der Waals surface area contributed by atoms with Gasteiger partial charge in [-0.3, -0.25) is 19.4 Å². The van der Waals surface area contributed by atoms with Gasteiger partial charge in [-0.1, -0.05) is 30.3 Å². The van der Waals surface area contributed by atoms with Crippen molar-refractivity contribution in [1.29, 1.82) is 0 Å². The van der Waals surface area contributed by atoms with Gasteiger partial charge >= 0.3 is 6.09 Å². The number of pyridine rings is 1. The Hall–Kier alpha value is -4.52. The van der Waals surface area contributed by atoms with Gasteiger partial charge < -0.3 is 25.2 Å². The van der Waals surface area contributed by atoms with Crippen molar-refractivity contribution in [2.45, 2.75) is 45.4 Å². The van der Waals surface area contributed by atoms with Crippen molar-refractivity contribution in [3.63, 3.8) is 0 Å². The Morgan fingerprint density at radius 3 is 2.38 bits per heavy atom. The second-order valence-corrected chi connectivity index (χ2v) is 12.4. The number of nitrogens with zero attached hydrogens (tertiary/aromatic N) is 3. The molecule has 0 saturated heterocycles. The summed E-state index contributed by atoms with van der Waals surface area (Å²) in [7, 11) is -2.58. The van der Waals surface area contributed by atoms with Gasteiger partial charge in [0, 0.05) is 17.8 Å². The van der Waals surface area contributed by atoms with Crippen molar-refractivity contribution in [2.75, 3.05) is 28.9 Å². The Labute approximate surface area is 243 Å². The van der Waals surface area contributed by atoms with Crippen LogP contribution in [-0.2, 0) is 35.5 Å². The fourth-order valence-corrected chi connectivity index (χ4v) is 5.59. The normalized spacial score (nSPS) is 17.7. The third-order valence-electron chi connectivity index (χ3n) is 7.14. The van der Waals surface area contributed by atoms with Crippen molar-refractivity contribution in [1.82, 2.24) is 15.6 Å². The molecule has 0 spiro atoms. The van der Waals surface area contributed by atoms with Crippen LogP contribution < -0.4 is 20.4 Å². The van der Waals surface area contributed by atoms with E-state index in [1.54, 1.807) is 37.4 Å². The molecular weight excluding hydrogens is 562 g/mol. The molecule has 13 heteroatoms. The average Bonchev–Trinajstić information content (AvgIpc) is 3.02. The summed E-state index contributed by atoms with van der Waals surface area (Å²) >= 11 is 0. The van der Waals surface area contributed by atoms with Crippen LogP contribution in [-0.4, -0.2) is 74.5 Å². The molecule has 4 amide bonds. The Kier molecular flexibility index (Phi) is 8.81. The SMILES string of the molecule is COC(=O)N[C@@H](C)C(=O)N[C@@H]1C(=O)N(Cc2c(C)cnc3ccccc23)c2ccccc2N(C(=O)CS(C)(=O)=O)[C@H]1C. The van der Waals surface area contributed by atoms with Gasteiger partial charge in [-0.05, 0) is 50.1 Å². The van der Waals surface area contributed by atoms with E-state index < -0.39 is 57.5 Å². The van der Waals surface area contributed by atoms with E-state index >= 15 is 0 Å². The number of aromatic nitrogens is 1. The zero-order chi connectivity index (χ0) is 30.8. The highest BCUT2D eigenvalue weighted by molar-refractivity contribution is 7.91. The molecule has 3 atom stereocenters. The molecule has 2 N–H and O–H groups in total. The van der Waals surface area contributed by atoms with Gasteiger partial charge in [-0.2, -0.15) is 0 Å². The number of alkyl carbamates (subject to hydrolysis) is 1. The number of ether oxygens (including phenoxy) is 1. The van der Waals surface area contributed by atoms with Crippen molar-refractivity contribution in [3.05, 3.63) is 65.9 Å². The number of sulfone groups is 1. The number of hydrogen-bond acceptors (Lipinski definition) is 8. The Bertz CT molecular complexity index is 1660. The Morgan fingerprint density at radius 1 is 1.07 bits per heavy atom. The van der Waals surface area contributed by atoms with Crippen LogP contribution in [0.25, 0.3) is 10.9 Å². The topological polar surface area (TPSA) is 155 Å². The van der Waals surface area contributed by atoms with E-state index in [1.165, 1.54) is 16.7 Å². The summed E-state index contributed by atoms with van der Waals surface area (Å²) in [5, 5.41) is 5.88. The average molecular weight is 596 g/mol. The van der Waals surface area contributed by atoms with Crippen LogP contribution in [0.15, 0.2) is 54.7 Å². The summed E-state index contributed by atoms with van der Waals surface area (Å²) in [5.41, 5.74) is 3.07. The number of para-hydroxylation sites is 3. The molecule has 42 heavy (non-hydrogen) atoms. The maximum Gasteiger partial charge on any atom is 0.407 e. The second-order valence-electron chi connectivity index (χ2n) is 10.3. The standard InChI is InChI=1S/C29H33N5O7S/c1-17-14-30-22-11-7-6-10-20(22)21(17)15-33-23-12-8-9-13-24(23)34(25(35)16-42(5,39)40)19(3)26(28(33)37)32-27(36)18(2)31-29(38)41-4/h6-14,18-19,26H,15-16H2,1-5H3,(H,31,38)(H,32,36)/t18-,19-,26-/m0/s1. The van der Waals surface area contributed by atoms with Gasteiger partial charge in [0.1, 0.15) is 17.8 Å². The van der Waals surface area contributed by atoms with Crippen molar-refractivity contribution in [2.24, 2.45) is 0 Å². The van der Waals surface area contributed by atoms with Crippen molar-refractivity contribution >= 4 is 55.9 Å². The van der Waals surface area contributed by atoms with Gasteiger partial charge in [0.2, 0.25) is 11.8 Å². The molecule has 0 aliphatic carbocycles. The quantitative estimate of drug-likeness (QED) is 0.421. The maximum absolute atomic E-state index is 14.4. The summed E-state index contributed by atoms with van der Waals surface area (Å²) in [4.78, 5) is 60.0. The van der Waals surface area contributed by atoms with E-state index in [0.29, 0.717) is 11.4 Å². The van der Waals surface area contributed by atoms with Gasteiger partial charge in [0.25, 0.3) is 5.91 Å². The number of fused-ring (bicyclic) bond motifs is 2. The number of carbonyl (C=O) groups is 4. The molecule has 0 saturated carbocycles. The fraction of sp³-hybridized carbons (Fsp3) is 0.345. The van der Waals surface area contributed by atoms with E-state index in [2.05, 4.69) is 20.4 Å². The zero-order valence-electron chi connectivity index (χ0n) is 24.0. The predicted octanol–water partition coefficient (Wildman–Crippen LogP) is 2.09. The lowest BCUT2D eigenvalue weighted by Gasteiger charge is -2.32. The molecule has 12 nitrogen and oxygen atoms in total. The second kappa shape index (κ2) is 12.1. The van der Waals surface area contributed by atoms with Gasteiger partial charge in [-0.25, -0.2) is 13.2 Å². The van der Waals surface area contributed by atoms with Crippen molar-refractivity contribution < 1.29 is 32.3 Å². The lowest BCUT2D eigenvalue weighted by atomic mass is 10.0. The summed E-state index contributed by atoms with van der Waals surface area (Å²) in [6.07, 6.45) is 1.83. The van der Waals surface area contributed by atoms with Crippen LogP contribution in [0, 0.1) is 6.92 Å². The monoisotopic (exact) mass is 595 g/mol. The van der Waals surface area contributed by atoms with E-state index in [0.717, 1.165) is 35.4 Å². The lowest BCUT2D eigenvalue weighted by molar-refractivity contribution is -0.129. The van der Waals surface area contributed by atoms with E-state index in [4.69, 9.17) is 0 Å². The largest absolute Gasteiger partial charge is 0.453 e. The fourth-order valence-electron chi connectivity index (χ4n) is 5.00. The molecule has 0 bridgehead atoms. The molecule has 2 aromatic carbocycles. The number of benzene rings is 2. The third kappa shape index (κ3) is 6.35. The Morgan fingerprint density at radius 2 is 1.71 bits per heavy atom. The molecule has 1 aromatic heterocycles. The number of rotatable bonds is 7. The summed E-state index contributed by atoms with van der Waals surface area (Å²) in [6.45, 7) is 4.94. The predicted molar refractivity (Wildman–Crippen MR) is 158 cm³/mol. The van der Waals surface area contributed by atoms with E-state index in [9.17, 15) is 27.6 Å². The first kappa shape index (κ1) is 30.4.